The largest absolute Gasteiger partial charge is 0.391 e. The van der Waals surface area contributed by atoms with Crippen LogP contribution in [0.1, 0.15) is 32.1 Å². The lowest BCUT2D eigenvalue weighted by molar-refractivity contribution is -0.133. The highest BCUT2D eigenvalue weighted by Crippen LogP contribution is 2.54. The normalized spacial score (nSPS) is 34.6. The van der Waals surface area contributed by atoms with E-state index in [9.17, 15) is 9.90 Å². The number of hydrogen-bond acceptors (Lipinski definition) is 2. The van der Waals surface area contributed by atoms with Crippen molar-refractivity contribution in [2.45, 2.75) is 38.2 Å². The van der Waals surface area contributed by atoms with Crippen molar-refractivity contribution in [3.05, 3.63) is 0 Å². The molecule has 0 aromatic carbocycles. The Balaban J connectivity index is 1.46. The molecule has 3 aliphatic carbocycles. The van der Waals surface area contributed by atoms with E-state index >= 15 is 0 Å². The van der Waals surface area contributed by atoms with Gasteiger partial charge in [-0.3, -0.25) is 4.79 Å². The van der Waals surface area contributed by atoms with Crippen molar-refractivity contribution in [1.29, 1.82) is 0 Å². The van der Waals surface area contributed by atoms with Crippen molar-refractivity contribution in [3.8, 4) is 0 Å². The van der Waals surface area contributed by atoms with Gasteiger partial charge in [0.05, 0.1) is 6.10 Å². The van der Waals surface area contributed by atoms with E-state index in [4.69, 9.17) is 0 Å². The number of rotatable bonds is 5. The van der Waals surface area contributed by atoms with E-state index < -0.39 is 0 Å². The van der Waals surface area contributed by atoms with Crippen LogP contribution in [0.25, 0.3) is 0 Å². The Morgan fingerprint density at radius 2 is 2.06 bits per heavy atom. The molecule has 0 aromatic rings. The molecule has 3 aliphatic rings. The van der Waals surface area contributed by atoms with E-state index in [1.54, 1.807) is 4.90 Å². The highest BCUT2D eigenvalue weighted by molar-refractivity contribution is 5.81. The van der Waals surface area contributed by atoms with E-state index in [1.807, 2.05) is 7.05 Å². The molecule has 16 heavy (non-hydrogen) atoms. The molecule has 0 bridgehead atoms. The van der Waals surface area contributed by atoms with Gasteiger partial charge in [0.2, 0.25) is 5.91 Å². The van der Waals surface area contributed by atoms with Gasteiger partial charge in [-0.2, -0.15) is 0 Å². The first-order valence-electron chi connectivity index (χ1n) is 6.60. The lowest BCUT2D eigenvalue weighted by Gasteiger charge is -2.20. The topological polar surface area (TPSA) is 40.5 Å². The number of hydrogen-bond donors (Lipinski definition) is 1. The molecular weight excluding hydrogens is 202 g/mol. The van der Waals surface area contributed by atoms with Gasteiger partial charge in [0, 0.05) is 19.5 Å². The zero-order valence-corrected chi connectivity index (χ0v) is 9.93. The minimum Gasteiger partial charge on any atom is -0.391 e. The summed E-state index contributed by atoms with van der Waals surface area (Å²) in [7, 11) is 1.84. The van der Waals surface area contributed by atoms with Crippen LogP contribution < -0.4 is 0 Å². The molecule has 3 atom stereocenters. The van der Waals surface area contributed by atoms with Gasteiger partial charge in [-0.25, -0.2) is 0 Å². The lowest BCUT2D eigenvalue weighted by atomic mass is 10.2. The van der Waals surface area contributed by atoms with Gasteiger partial charge < -0.3 is 10.0 Å². The number of amides is 1. The van der Waals surface area contributed by atoms with Crippen LogP contribution in [0.4, 0.5) is 0 Å². The number of carbonyl (C=O) groups excluding carboxylic acids is 1. The Morgan fingerprint density at radius 3 is 2.62 bits per heavy atom. The van der Waals surface area contributed by atoms with Gasteiger partial charge in [0.15, 0.2) is 0 Å². The SMILES string of the molecule is CN(C[C@H](O)C1CC1)C(=O)[C@@H]1C[C@@H]1C1CC1. The molecule has 0 unspecified atom stereocenters. The quantitative estimate of drug-likeness (QED) is 0.762. The highest BCUT2D eigenvalue weighted by atomic mass is 16.3. The molecule has 90 valence electrons. The summed E-state index contributed by atoms with van der Waals surface area (Å²) in [6.45, 7) is 0.539. The maximum absolute atomic E-state index is 12.0. The third-order valence-corrected chi connectivity index (χ3v) is 4.39. The van der Waals surface area contributed by atoms with Crippen molar-refractivity contribution < 1.29 is 9.90 Å². The minimum atomic E-state index is -0.285. The van der Waals surface area contributed by atoms with E-state index in [0.717, 1.165) is 25.2 Å². The number of carbonyl (C=O) groups is 1. The van der Waals surface area contributed by atoms with Gasteiger partial charge in [-0.05, 0) is 49.9 Å². The van der Waals surface area contributed by atoms with Gasteiger partial charge in [0.1, 0.15) is 0 Å². The predicted octanol–water partition coefficient (Wildman–Crippen LogP) is 1.26. The van der Waals surface area contributed by atoms with E-state index in [2.05, 4.69) is 0 Å². The highest BCUT2D eigenvalue weighted by Gasteiger charge is 2.52. The Morgan fingerprint density at radius 1 is 1.38 bits per heavy atom. The molecule has 0 aliphatic heterocycles. The fraction of sp³-hybridized carbons (Fsp3) is 0.923. The monoisotopic (exact) mass is 223 g/mol. The standard InChI is InChI=1S/C13H21NO2/c1-14(7-12(15)9-4-5-9)13(16)11-6-10(11)8-2-3-8/h8-12,15H,2-7H2,1H3/t10-,11-,12+/m1/s1. The number of likely N-dealkylation sites (N-methyl/N-ethyl adjacent to an activating group) is 1. The lowest BCUT2D eigenvalue weighted by Crippen LogP contribution is -2.36. The smallest absolute Gasteiger partial charge is 0.225 e. The number of aliphatic hydroxyl groups is 1. The summed E-state index contributed by atoms with van der Waals surface area (Å²) >= 11 is 0. The van der Waals surface area contributed by atoms with Crippen molar-refractivity contribution in [3.63, 3.8) is 0 Å². The Bertz CT molecular complexity index is 296. The summed E-state index contributed by atoms with van der Waals surface area (Å²) < 4.78 is 0. The summed E-state index contributed by atoms with van der Waals surface area (Å²) in [5.74, 6) is 2.58. The first-order chi connectivity index (χ1) is 7.66. The summed E-state index contributed by atoms with van der Waals surface area (Å²) in [5.41, 5.74) is 0. The van der Waals surface area contributed by atoms with Gasteiger partial charge in [0.25, 0.3) is 0 Å². The molecule has 3 fully saturated rings. The Hall–Kier alpha value is -0.570. The fourth-order valence-corrected chi connectivity index (χ4v) is 2.83. The molecule has 0 spiro atoms. The third-order valence-electron chi connectivity index (χ3n) is 4.39. The first kappa shape index (κ1) is 10.6. The molecule has 0 radical (unpaired) electrons. The number of aliphatic hydroxyl groups excluding tert-OH is 1. The number of nitrogens with zero attached hydrogens (tertiary/aromatic N) is 1. The maximum atomic E-state index is 12.0. The second-order valence-electron chi connectivity index (χ2n) is 5.97. The second-order valence-corrected chi connectivity index (χ2v) is 5.97. The summed E-state index contributed by atoms with van der Waals surface area (Å²) in [6, 6.07) is 0. The average molecular weight is 223 g/mol. The molecule has 1 amide bonds. The van der Waals surface area contributed by atoms with Gasteiger partial charge >= 0.3 is 0 Å². The molecule has 0 heterocycles. The van der Waals surface area contributed by atoms with Crippen molar-refractivity contribution in [2.75, 3.05) is 13.6 Å². The van der Waals surface area contributed by atoms with Crippen LogP contribution >= 0.6 is 0 Å². The molecule has 3 heteroatoms. The third kappa shape index (κ3) is 2.10. The van der Waals surface area contributed by atoms with Crippen LogP contribution in [0.5, 0.6) is 0 Å². The zero-order chi connectivity index (χ0) is 11.3. The predicted molar refractivity (Wildman–Crippen MR) is 60.7 cm³/mol. The Kier molecular flexibility index (Phi) is 2.46. The molecule has 3 rings (SSSR count). The van der Waals surface area contributed by atoms with E-state index in [1.165, 1.54) is 12.8 Å². The first-order valence-corrected chi connectivity index (χ1v) is 6.60. The van der Waals surface area contributed by atoms with Crippen LogP contribution in [0, 0.1) is 23.7 Å². The van der Waals surface area contributed by atoms with Gasteiger partial charge in [-0.1, -0.05) is 0 Å². The second kappa shape index (κ2) is 3.73. The van der Waals surface area contributed by atoms with Crippen LogP contribution in [0.2, 0.25) is 0 Å². The van der Waals surface area contributed by atoms with Crippen LogP contribution in [0.3, 0.4) is 0 Å². The Labute approximate surface area is 96.8 Å². The summed E-state index contributed by atoms with van der Waals surface area (Å²) in [5, 5.41) is 9.80. The van der Waals surface area contributed by atoms with Crippen LogP contribution in [0.15, 0.2) is 0 Å². The van der Waals surface area contributed by atoms with E-state index in [-0.39, 0.29) is 12.0 Å². The fourth-order valence-electron chi connectivity index (χ4n) is 2.83. The van der Waals surface area contributed by atoms with E-state index in [0.29, 0.717) is 24.3 Å². The molecule has 1 N–H and O–H groups in total. The molecule has 3 nitrogen and oxygen atoms in total. The zero-order valence-electron chi connectivity index (χ0n) is 9.93. The van der Waals surface area contributed by atoms with Crippen LogP contribution in [-0.4, -0.2) is 35.6 Å². The van der Waals surface area contributed by atoms with Crippen molar-refractivity contribution in [2.24, 2.45) is 23.7 Å². The van der Waals surface area contributed by atoms with Crippen LogP contribution in [-0.2, 0) is 4.79 Å². The van der Waals surface area contributed by atoms with Gasteiger partial charge in [-0.15, -0.1) is 0 Å². The molecular formula is C13H21NO2. The molecule has 0 saturated heterocycles. The maximum Gasteiger partial charge on any atom is 0.225 e. The van der Waals surface area contributed by atoms with Crippen molar-refractivity contribution >= 4 is 5.91 Å². The molecule has 3 saturated carbocycles. The average Bonchev–Trinajstić information content (AvgIpc) is 3.17. The summed E-state index contributed by atoms with van der Waals surface area (Å²) in [4.78, 5) is 13.8. The summed E-state index contributed by atoms with van der Waals surface area (Å²) in [6.07, 6.45) is 5.76. The van der Waals surface area contributed by atoms with Crippen molar-refractivity contribution in [1.82, 2.24) is 4.90 Å². The minimum absolute atomic E-state index is 0.275. The molecule has 0 aromatic heterocycles.